The zero-order chi connectivity index (χ0) is 19.1. The minimum Gasteiger partial charge on any atom is -0.381 e. The highest BCUT2D eigenvalue weighted by atomic mass is 19.1. The van der Waals surface area contributed by atoms with E-state index < -0.39 is 16.8 Å². The molecule has 0 saturated heterocycles. The second kappa shape index (κ2) is 5.37. The summed E-state index contributed by atoms with van der Waals surface area (Å²) in [5.41, 5.74) is -0.184. The van der Waals surface area contributed by atoms with Crippen LogP contribution in [-0.4, -0.2) is 22.3 Å². The van der Waals surface area contributed by atoms with Crippen molar-refractivity contribution in [3.8, 4) is 0 Å². The number of halogens is 1. The van der Waals surface area contributed by atoms with Crippen LogP contribution < -0.4 is 0 Å². The smallest absolute Gasteiger partial charge is 0.191 e. The van der Waals surface area contributed by atoms with E-state index in [2.05, 4.69) is 19.9 Å². The summed E-state index contributed by atoms with van der Waals surface area (Å²) in [5, 5.41) is 11.4. The Labute approximate surface area is 154 Å². The molecule has 142 valence electrons. The first-order valence-electron chi connectivity index (χ1n) is 9.93. The highest BCUT2D eigenvalue weighted by Crippen LogP contribution is 2.67. The monoisotopic (exact) mass is 360 g/mol. The van der Waals surface area contributed by atoms with Crippen LogP contribution in [-0.2, 0) is 9.59 Å². The van der Waals surface area contributed by atoms with Gasteiger partial charge in [-0.2, -0.15) is 0 Å². The van der Waals surface area contributed by atoms with Gasteiger partial charge in [-0.15, -0.1) is 0 Å². The molecule has 6 atom stereocenters. The van der Waals surface area contributed by atoms with Crippen LogP contribution in [0.2, 0.25) is 0 Å². The van der Waals surface area contributed by atoms with E-state index in [4.69, 9.17) is 0 Å². The lowest BCUT2D eigenvalue weighted by Crippen LogP contribution is -2.56. The summed E-state index contributed by atoms with van der Waals surface area (Å²) >= 11 is 0. The van der Waals surface area contributed by atoms with E-state index in [9.17, 15) is 19.1 Å². The summed E-state index contributed by atoms with van der Waals surface area (Å²) in [6.07, 6.45) is 6.00. The summed E-state index contributed by atoms with van der Waals surface area (Å²) < 4.78 is 14.6. The van der Waals surface area contributed by atoms with Gasteiger partial charge in [-0.1, -0.05) is 32.4 Å². The molecule has 0 aromatic heterocycles. The average Bonchev–Trinajstić information content (AvgIpc) is 2.80. The van der Waals surface area contributed by atoms with Crippen molar-refractivity contribution in [1.29, 1.82) is 0 Å². The molecule has 1 N–H and O–H groups in total. The van der Waals surface area contributed by atoms with Gasteiger partial charge in [-0.25, -0.2) is 4.39 Å². The number of fused-ring (bicyclic) bond motifs is 5. The fraction of sp³-hybridized carbons (Fsp3) is 0.727. The van der Waals surface area contributed by atoms with E-state index in [-0.39, 0.29) is 41.2 Å². The lowest BCUT2D eigenvalue weighted by Gasteiger charge is -2.54. The summed E-state index contributed by atoms with van der Waals surface area (Å²) in [7, 11) is 0. The highest BCUT2D eigenvalue weighted by molar-refractivity contribution is 5.95. The fourth-order valence-corrected chi connectivity index (χ4v) is 7.04. The molecule has 0 heterocycles. The largest absolute Gasteiger partial charge is 0.381 e. The van der Waals surface area contributed by atoms with Crippen LogP contribution in [0.3, 0.4) is 0 Å². The number of hydrogen-bond acceptors (Lipinski definition) is 3. The molecule has 0 spiro atoms. The van der Waals surface area contributed by atoms with Crippen LogP contribution in [0, 0.1) is 28.6 Å². The zero-order valence-electron chi connectivity index (χ0n) is 16.2. The Kier molecular flexibility index (Phi) is 3.74. The number of allylic oxidation sites excluding steroid dienone is 4. The average molecular weight is 360 g/mol. The van der Waals surface area contributed by atoms with Crippen molar-refractivity contribution in [1.82, 2.24) is 0 Å². The summed E-state index contributed by atoms with van der Waals surface area (Å²) in [5.74, 6) is -0.574. The molecule has 0 unspecified atom stereocenters. The summed E-state index contributed by atoms with van der Waals surface area (Å²) in [4.78, 5) is 24.3. The van der Waals surface area contributed by atoms with Crippen LogP contribution in [0.4, 0.5) is 4.39 Å². The van der Waals surface area contributed by atoms with Crippen molar-refractivity contribution in [3.63, 3.8) is 0 Å². The minimum absolute atomic E-state index is 0.0721. The SMILES string of the molecule is CC(=O)[C@@]1(O)[C@H](C)C[C@H]2[C@@H]3CCC4=C(F)C(=O)CC[C@]4(C)C3=CC[C@@]21C. The van der Waals surface area contributed by atoms with Gasteiger partial charge in [-0.3, -0.25) is 9.59 Å². The summed E-state index contributed by atoms with van der Waals surface area (Å²) in [6, 6.07) is 0. The summed E-state index contributed by atoms with van der Waals surface area (Å²) in [6.45, 7) is 7.65. The van der Waals surface area contributed by atoms with Crippen LogP contribution in [0.5, 0.6) is 0 Å². The van der Waals surface area contributed by atoms with Crippen molar-refractivity contribution < 1.29 is 19.1 Å². The second-order valence-electron chi connectivity index (χ2n) is 9.54. The lowest BCUT2D eigenvalue weighted by molar-refractivity contribution is -0.156. The minimum atomic E-state index is -1.29. The van der Waals surface area contributed by atoms with Crippen molar-refractivity contribution in [2.45, 2.75) is 71.8 Å². The molecule has 2 fully saturated rings. The van der Waals surface area contributed by atoms with Gasteiger partial charge in [-0.05, 0) is 62.4 Å². The van der Waals surface area contributed by atoms with Crippen LogP contribution in [0.15, 0.2) is 23.0 Å². The maximum absolute atomic E-state index is 14.6. The number of carbonyl (C=O) groups excluding carboxylic acids is 2. The normalized spacial score (nSPS) is 47.8. The number of hydrogen-bond donors (Lipinski definition) is 1. The number of carbonyl (C=O) groups is 2. The molecule has 0 amide bonds. The topological polar surface area (TPSA) is 54.4 Å². The van der Waals surface area contributed by atoms with E-state index in [0.29, 0.717) is 24.8 Å². The molecule has 0 aromatic carbocycles. The number of rotatable bonds is 1. The first kappa shape index (κ1) is 18.1. The van der Waals surface area contributed by atoms with E-state index in [1.165, 1.54) is 12.5 Å². The molecule has 4 aliphatic carbocycles. The zero-order valence-corrected chi connectivity index (χ0v) is 16.2. The molecular formula is C22H29FO3. The van der Waals surface area contributed by atoms with Crippen molar-refractivity contribution in [2.75, 3.05) is 0 Å². The fourth-order valence-electron chi connectivity index (χ4n) is 7.04. The van der Waals surface area contributed by atoms with E-state index in [0.717, 1.165) is 12.8 Å². The van der Waals surface area contributed by atoms with Gasteiger partial charge in [0.2, 0.25) is 0 Å². The number of aliphatic hydroxyl groups is 1. The maximum atomic E-state index is 14.6. The molecule has 0 bridgehead atoms. The van der Waals surface area contributed by atoms with Crippen molar-refractivity contribution >= 4 is 11.6 Å². The molecular weight excluding hydrogens is 331 g/mol. The molecule has 4 rings (SSSR count). The van der Waals surface area contributed by atoms with Crippen molar-refractivity contribution in [3.05, 3.63) is 23.0 Å². The van der Waals surface area contributed by atoms with Gasteiger partial charge in [0.05, 0.1) is 0 Å². The van der Waals surface area contributed by atoms with Crippen LogP contribution >= 0.6 is 0 Å². The molecule has 3 nitrogen and oxygen atoms in total. The Hall–Kier alpha value is -1.29. The van der Waals surface area contributed by atoms with Gasteiger partial charge >= 0.3 is 0 Å². The van der Waals surface area contributed by atoms with E-state index in [1.54, 1.807) is 0 Å². The third-order valence-electron chi connectivity index (χ3n) is 8.55. The van der Waals surface area contributed by atoms with Crippen LogP contribution in [0.1, 0.15) is 66.2 Å². The molecule has 0 aliphatic heterocycles. The first-order chi connectivity index (χ1) is 12.1. The third kappa shape index (κ3) is 1.92. The van der Waals surface area contributed by atoms with Gasteiger partial charge in [0, 0.05) is 17.3 Å². The Balaban J connectivity index is 1.81. The Morgan fingerprint density at radius 1 is 1.31 bits per heavy atom. The number of Topliss-reactive ketones (excluding diaryl/α,β-unsaturated/α-hetero) is 2. The molecule has 0 radical (unpaired) electrons. The Bertz CT molecular complexity index is 765. The standard InChI is InChI=1S/C22H29FO3/c1-12-11-17-14-5-6-16-19(23)18(25)8-9-20(16,3)15(14)7-10-21(17,4)22(12,26)13(2)24/h7,12,14,17,26H,5-6,8-11H2,1-4H3/t12-,14-,17+,20-,21+,22+/m1/s1. The van der Waals surface area contributed by atoms with Crippen molar-refractivity contribution in [2.24, 2.45) is 28.6 Å². The lowest BCUT2D eigenvalue weighted by atomic mass is 9.50. The highest BCUT2D eigenvalue weighted by Gasteiger charge is 2.66. The molecule has 26 heavy (non-hydrogen) atoms. The first-order valence-corrected chi connectivity index (χ1v) is 9.93. The molecule has 4 heteroatoms. The van der Waals surface area contributed by atoms with E-state index >= 15 is 0 Å². The Morgan fingerprint density at radius 2 is 2.00 bits per heavy atom. The maximum Gasteiger partial charge on any atom is 0.191 e. The van der Waals surface area contributed by atoms with Crippen LogP contribution in [0.25, 0.3) is 0 Å². The predicted molar refractivity (Wildman–Crippen MR) is 96.9 cm³/mol. The third-order valence-corrected chi connectivity index (χ3v) is 8.55. The quantitative estimate of drug-likeness (QED) is 0.709. The van der Waals surface area contributed by atoms with Gasteiger partial charge < -0.3 is 5.11 Å². The van der Waals surface area contributed by atoms with Gasteiger partial charge in [0.15, 0.2) is 17.4 Å². The van der Waals surface area contributed by atoms with Gasteiger partial charge in [0.1, 0.15) is 5.60 Å². The molecule has 4 aliphatic rings. The number of ketones is 2. The Morgan fingerprint density at radius 3 is 2.65 bits per heavy atom. The van der Waals surface area contributed by atoms with Gasteiger partial charge in [0.25, 0.3) is 0 Å². The predicted octanol–water partition coefficient (Wildman–Crippen LogP) is 4.30. The second-order valence-corrected chi connectivity index (χ2v) is 9.54. The molecule has 0 aromatic rings. The molecule has 2 saturated carbocycles. The van der Waals surface area contributed by atoms with E-state index in [1.807, 2.05) is 6.92 Å².